The first-order valence-electron chi connectivity index (χ1n) is 7.43. The summed E-state index contributed by atoms with van der Waals surface area (Å²) in [6.07, 6.45) is 2.15. The van der Waals surface area contributed by atoms with Crippen molar-refractivity contribution in [1.82, 2.24) is 4.90 Å². The van der Waals surface area contributed by atoms with E-state index in [4.69, 9.17) is 9.47 Å². The summed E-state index contributed by atoms with van der Waals surface area (Å²) in [6.45, 7) is 2.83. The standard InChI is InChI=1S/C16H21NO5/c1-3-22-13-8-7-11(10-14(13)21-2)15(18)17-9-5-4-6-12(17)16(19)20/h7-8,10,12H,3-6,9H2,1-2H3,(H,19,20)/t12-/m1/s1. The molecule has 2 rings (SSSR count). The Hall–Kier alpha value is -2.24. The van der Waals surface area contributed by atoms with E-state index >= 15 is 0 Å². The van der Waals surface area contributed by atoms with Crippen LogP contribution in [-0.4, -0.2) is 48.2 Å². The van der Waals surface area contributed by atoms with Gasteiger partial charge in [0.05, 0.1) is 13.7 Å². The van der Waals surface area contributed by atoms with Crippen molar-refractivity contribution in [3.63, 3.8) is 0 Å². The third kappa shape index (κ3) is 3.32. The Kier molecular flexibility index (Phi) is 5.25. The van der Waals surface area contributed by atoms with Gasteiger partial charge in [-0.05, 0) is 44.4 Å². The van der Waals surface area contributed by atoms with E-state index in [1.807, 2.05) is 6.92 Å². The largest absolute Gasteiger partial charge is 0.493 e. The average molecular weight is 307 g/mol. The van der Waals surface area contributed by atoms with Gasteiger partial charge in [-0.15, -0.1) is 0 Å². The Bertz CT molecular complexity index is 557. The van der Waals surface area contributed by atoms with E-state index in [1.54, 1.807) is 18.2 Å². The highest BCUT2D eigenvalue weighted by atomic mass is 16.5. The molecular weight excluding hydrogens is 286 g/mol. The number of likely N-dealkylation sites (tertiary alicyclic amines) is 1. The first-order chi connectivity index (χ1) is 10.6. The number of ether oxygens (including phenoxy) is 2. The van der Waals surface area contributed by atoms with Crippen LogP contribution in [0, 0.1) is 0 Å². The Labute approximate surface area is 129 Å². The summed E-state index contributed by atoms with van der Waals surface area (Å²) in [5.74, 6) is -0.203. The molecular formula is C16H21NO5. The van der Waals surface area contributed by atoms with E-state index < -0.39 is 12.0 Å². The molecule has 1 aliphatic heterocycles. The molecule has 0 aromatic heterocycles. The van der Waals surface area contributed by atoms with E-state index in [-0.39, 0.29) is 5.91 Å². The van der Waals surface area contributed by atoms with Crippen molar-refractivity contribution in [2.45, 2.75) is 32.2 Å². The lowest BCUT2D eigenvalue weighted by Gasteiger charge is -2.33. The van der Waals surface area contributed by atoms with Gasteiger partial charge in [0.1, 0.15) is 6.04 Å². The predicted octanol–water partition coefficient (Wildman–Crippen LogP) is 2.17. The first-order valence-corrected chi connectivity index (χ1v) is 7.43. The van der Waals surface area contributed by atoms with E-state index in [0.717, 1.165) is 12.8 Å². The molecule has 1 atom stereocenters. The minimum atomic E-state index is -0.953. The fourth-order valence-electron chi connectivity index (χ4n) is 2.67. The second-order valence-corrected chi connectivity index (χ2v) is 5.15. The lowest BCUT2D eigenvalue weighted by molar-refractivity contribution is -0.143. The Balaban J connectivity index is 2.26. The maximum absolute atomic E-state index is 12.6. The molecule has 0 aliphatic carbocycles. The number of piperidine rings is 1. The molecule has 6 heteroatoms. The van der Waals surface area contributed by atoms with Crippen molar-refractivity contribution < 1.29 is 24.2 Å². The molecule has 0 unspecified atom stereocenters. The molecule has 0 spiro atoms. The summed E-state index contributed by atoms with van der Waals surface area (Å²) in [4.78, 5) is 25.4. The van der Waals surface area contributed by atoms with Gasteiger partial charge in [0.15, 0.2) is 11.5 Å². The van der Waals surface area contributed by atoms with Crippen LogP contribution in [0.15, 0.2) is 18.2 Å². The Morgan fingerprint density at radius 1 is 1.32 bits per heavy atom. The minimum Gasteiger partial charge on any atom is -0.493 e. The fraction of sp³-hybridized carbons (Fsp3) is 0.500. The quantitative estimate of drug-likeness (QED) is 0.902. The third-order valence-corrected chi connectivity index (χ3v) is 3.76. The van der Waals surface area contributed by atoms with Crippen LogP contribution in [0.3, 0.4) is 0 Å². The van der Waals surface area contributed by atoms with Crippen LogP contribution in [0.2, 0.25) is 0 Å². The minimum absolute atomic E-state index is 0.284. The van der Waals surface area contributed by atoms with Gasteiger partial charge < -0.3 is 19.5 Å². The number of methoxy groups -OCH3 is 1. The molecule has 1 aliphatic rings. The lowest BCUT2D eigenvalue weighted by Crippen LogP contribution is -2.47. The molecule has 22 heavy (non-hydrogen) atoms. The van der Waals surface area contributed by atoms with Gasteiger partial charge in [0, 0.05) is 12.1 Å². The maximum Gasteiger partial charge on any atom is 0.326 e. The van der Waals surface area contributed by atoms with Crippen molar-refractivity contribution in [1.29, 1.82) is 0 Å². The normalized spacial score (nSPS) is 17.9. The second kappa shape index (κ2) is 7.15. The number of hydrogen-bond acceptors (Lipinski definition) is 4. The van der Waals surface area contributed by atoms with Gasteiger partial charge in [-0.2, -0.15) is 0 Å². The molecule has 0 radical (unpaired) electrons. The number of hydrogen-bond donors (Lipinski definition) is 1. The highest BCUT2D eigenvalue weighted by Gasteiger charge is 2.32. The van der Waals surface area contributed by atoms with Gasteiger partial charge in [0.2, 0.25) is 0 Å². The van der Waals surface area contributed by atoms with Crippen LogP contribution in [0.5, 0.6) is 11.5 Å². The van der Waals surface area contributed by atoms with Gasteiger partial charge >= 0.3 is 5.97 Å². The van der Waals surface area contributed by atoms with Gasteiger partial charge in [-0.3, -0.25) is 4.79 Å². The molecule has 1 aromatic rings. The molecule has 120 valence electrons. The number of carbonyl (C=O) groups excluding carboxylic acids is 1. The average Bonchev–Trinajstić information content (AvgIpc) is 2.54. The van der Waals surface area contributed by atoms with Crippen molar-refractivity contribution in [3.05, 3.63) is 23.8 Å². The smallest absolute Gasteiger partial charge is 0.326 e. The maximum atomic E-state index is 12.6. The van der Waals surface area contributed by atoms with Crippen molar-refractivity contribution >= 4 is 11.9 Å². The van der Waals surface area contributed by atoms with Crippen LogP contribution in [-0.2, 0) is 4.79 Å². The topological polar surface area (TPSA) is 76.1 Å². The third-order valence-electron chi connectivity index (χ3n) is 3.76. The highest BCUT2D eigenvalue weighted by molar-refractivity contribution is 5.97. The zero-order valence-electron chi connectivity index (χ0n) is 12.9. The number of carbonyl (C=O) groups is 2. The number of aliphatic carboxylic acids is 1. The van der Waals surface area contributed by atoms with Gasteiger partial charge in [-0.25, -0.2) is 4.79 Å². The van der Waals surface area contributed by atoms with Gasteiger partial charge in [-0.1, -0.05) is 0 Å². The summed E-state index contributed by atoms with van der Waals surface area (Å²) >= 11 is 0. The molecule has 1 aromatic carbocycles. The van der Waals surface area contributed by atoms with Crippen LogP contribution in [0.4, 0.5) is 0 Å². The van der Waals surface area contributed by atoms with Crippen molar-refractivity contribution in [2.24, 2.45) is 0 Å². The van der Waals surface area contributed by atoms with Crippen molar-refractivity contribution in [3.8, 4) is 11.5 Å². The summed E-state index contributed by atoms with van der Waals surface area (Å²) in [5, 5.41) is 9.28. The fourth-order valence-corrected chi connectivity index (χ4v) is 2.67. The molecule has 1 N–H and O–H groups in total. The summed E-state index contributed by atoms with van der Waals surface area (Å²) in [6, 6.07) is 4.17. The zero-order chi connectivity index (χ0) is 16.1. The van der Waals surface area contributed by atoms with Crippen LogP contribution in [0.25, 0.3) is 0 Å². The Morgan fingerprint density at radius 2 is 2.09 bits per heavy atom. The van der Waals surface area contributed by atoms with Crippen molar-refractivity contribution in [2.75, 3.05) is 20.3 Å². The van der Waals surface area contributed by atoms with E-state index in [1.165, 1.54) is 12.0 Å². The van der Waals surface area contributed by atoms with Crippen LogP contribution in [0.1, 0.15) is 36.5 Å². The second-order valence-electron chi connectivity index (χ2n) is 5.15. The molecule has 1 amide bonds. The van der Waals surface area contributed by atoms with E-state index in [9.17, 15) is 14.7 Å². The molecule has 1 fully saturated rings. The monoisotopic (exact) mass is 307 g/mol. The number of carboxylic acid groups (broad SMARTS) is 1. The zero-order valence-corrected chi connectivity index (χ0v) is 12.9. The van der Waals surface area contributed by atoms with Crippen LogP contribution < -0.4 is 9.47 Å². The molecule has 0 bridgehead atoms. The first kappa shape index (κ1) is 16.1. The number of benzene rings is 1. The number of nitrogens with zero attached hydrogens (tertiary/aromatic N) is 1. The van der Waals surface area contributed by atoms with Gasteiger partial charge in [0.25, 0.3) is 5.91 Å². The van der Waals surface area contributed by atoms with E-state index in [0.29, 0.717) is 36.6 Å². The number of carboxylic acids is 1. The molecule has 1 saturated heterocycles. The number of rotatable bonds is 5. The molecule has 1 heterocycles. The summed E-state index contributed by atoms with van der Waals surface area (Å²) < 4.78 is 10.7. The molecule has 6 nitrogen and oxygen atoms in total. The summed E-state index contributed by atoms with van der Waals surface area (Å²) in [5.41, 5.74) is 0.411. The lowest BCUT2D eigenvalue weighted by atomic mass is 10.0. The van der Waals surface area contributed by atoms with E-state index in [2.05, 4.69) is 0 Å². The Morgan fingerprint density at radius 3 is 2.73 bits per heavy atom. The molecule has 0 saturated carbocycles. The number of amides is 1. The van der Waals surface area contributed by atoms with Crippen LogP contribution >= 0.6 is 0 Å². The predicted molar refractivity (Wildman–Crippen MR) is 80.5 cm³/mol. The SMILES string of the molecule is CCOc1ccc(C(=O)N2CCCC[C@@H]2C(=O)O)cc1OC. The highest BCUT2D eigenvalue weighted by Crippen LogP contribution is 2.29. The summed E-state index contributed by atoms with van der Waals surface area (Å²) in [7, 11) is 1.51.